The van der Waals surface area contributed by atoms with Crippen molar-refractivity contribution >= 4 is 28.9 Å². The Hall–Kier alpha value is -3.19. The number of amides is 1. The highest BCUT2D eigenvalue weighted by atomic mass is 32.1. The molecule has 0 radical (unpaired) electrons. The van der Waals surface area contributed by atoms with Crippen molar-refractivity contribution in [2.45, 2.75) is 25.6 Å². The van der Waals surface area contributed by atoms with Gasteiger partial charge in [0.2, 0.25) is 5.91 Å². The van der Waals surface area contributed by atoms with Crippen LogP contribution < -0.4 is 10.6 Å². The lowest BCUT2D eigenvalue weighted by Gasteiger charge is -2.28. The number of aryl methyl sites for hydroxylation is 1. The molecular formula is C22H23N5OS. The van der Waals surface area contributed by atoms with Crippen LogP contribution in [0.1, 0.15) is 30.4 Å². The van der Waals surface area contributed by atoms with E-state index in [1.165, 1.54) is 0 Å². The zero-order chi connectivity index (χ0) is 20.2. The molecule has 0 saturated carbocycles. The van der Waals surface area contributed by atoms with Crippen LogP contribution in [0, 0.1) is 0 Å². The number of anilines is 1. The third-order valence-electron chi connectivity index (χ3n) is 5.08. The van der Waals surface area contributed by atoms with Crippen LogP contribution in [0.3, 0.4) is 0 Å². The van der Waals surface area contributed by atoms with Crippen LogP contribution in [0.2, 0.25) is 0 Å². The van der Waals surface area contributed by atoms with Gasteiger partial charge >= 0.3 is 0 Å². The van der Waals surface area contributed by atoms with Crippen LogP contribution in [-0.2, 0) is 11.3 Å². The first kappa shape index (κ1) is 19.1. The summed E-state index contributed by atoms with van der Waals surface area (Å²) in [5.74, 6) is -0.110. The maximum absolute atomic E-state index is 12.8. The molecule has 1 aliphatic heterocycles. The fourth-order valence-corrected chi connectivity index (χ4v) is 4.06. The number of aromatic nitrogens is 2. The van der Waals surface area contributed by atoms with E-state index in [2.05, 4.69) is 39.4 Å². The molecule has 6 nitrogen and oxygen atoms in total. The van der Waals surface area contributed by atoms with Crippen molar-refractivity contribution in [2.24, 2.45) is 0 Å². The molecule has 0 aliphatic carbocycles. The van der Waals surface area contributed by atoms with Crippen molar-refractivity contribution in [1.29, 1.82) is 0 Å². The van der Waals surface area contributed by atoms with Crippen LogP contribution in [0.4, 0.5) is 5.69 Å². The molecule has 0 unspecified atom stereocenters. The standard InChI is InChI=1S/C22H23N5OS/c1-2-26-14-8-12-18(26)21-20(17-11-6-7-13-23-17)25-22(29)27(21)15-19(28)24-16-9-4-3-5-10-16/h3-14,20-21H,2,15H2,1H3,(H,24,28)(H,25,29)/t20-,21+/m0/s1. The molecule has 0 bridgehead atoms. The Labute approximate surface area is 175 Å². The van der Waals surface area contributed by atoms with Gasteiger partial charge < -0.3 is 20.1 Å². The number of nitrogens with zero attached hydrogens (tertiary/aromatic N) is 3. The zero-order valence-corrected chi connectivity index (χ0v) is 17.0. The van der Waals surface area contributed by atoms with Gasteiger partial charge in [0.05, 0.1) is 17.8 Å². The molecule has 1 aromatic carbocycles. The summed E-state index contributed by atoms with van der Waals surface area (Å²) in [6.45, 7) is 3.10. The highest BCUT2D eigenvalue weighted by molar-refractivity contribution is 7.80. The van der Waals surface area contributed by atoms with Gasteiger partial charge in [-0.15, -0.1) is 0 Å². The van der Waals surface area contributed by atoms with Gasteiger partial charge in [-0.3, -0.25) is 9.78 Å². The summed E-state index contributed by atoms with van der Waals surface area (Å²) in [6.07, 6.45) is 3.83. The van der Waals surface area contributed by atoms with Crippen molar-refractivity contribution in [1.82, 2.24) is 19.8 Å². The SMILES string of the molecule is CCn1cccc1[C@@H]1[C@H](c2ccccn2)NC(=S)N1CC(=O)Nc1ccccc1. The van der Waals surface area contributed by atoms with Crippen molar-refractivity contribution in [3.63, 3.8) is 0 Å². The number of hydrogen-bond donors (Lipinski definition) is 2. The Morgan fingerprint density at radius 3 is 2.66 bits per heavy atom. The lowest BCUT2D eigenvalue weighted by Crippen LogP contribution is -2.37. The van der Waals surface area contributed by atoms with E-state index in [-0.39, 0.29) is 24.5 Å². The van der Waals surface area contributed by atoms with E-state index in [9.17, 15) is 4.79 Å². The number of carbonyl (C=O) groups is 1. The van der Waals surface area contributed by atoms with Crippen LogP contribution in [0.5, 0.6) is 0 Å². The van der Waals surface area contributed by atoms with E-state index in [0.717, 1.165) is 23.6 Å². The third kappa shape index (κ3) is 4.00. The number of carbonyl (C=O) groups excluding carboxylic acids is 1. The van der Waals surface area contributed by atoms with Gasteiger partial charge in [-0.2, -0.15) is 0 Å². The Morgan fingerprint density at radius 2 is 1.93 bits per heavy atom. The second kappa shape index (κ2) is 8.45. The number of thiocarbonyl (C=S) groups is 1. The molecule has 0 spiro atoms. The molecular weight excluding hydrogens is 382 g/mol. The van der Waals surface area contributed by atoms with Crippen molar-refractivity contribution < 1.29 is 4.79 Å². The smallest absolute Gasteiger partial charge is 0.244 e. The summed E-state index contributed by atoms with van der Waals surface area (Å²) in [5.41, 5.74) is 2.77. The highest BCUT2D eigenvalue weighted by Gasteiger charge is 2.41. The number of hydrogen-bond acceptors (Lipinski definition) is 3. The molecule has 1 saturated heterocycles. The van der Waals surface area contributed by atoms with Gasteiger partial charge in [0.15, 0.2) is 5.11 Å². The Kier molecular flexibility index (Phi) is 5.57. The number of benzene rings is 1. The number of para-hydroxylation sites is 1. The minimum absolute atomic E-state index is 0.110. The minimum Gasteiger partial charge on any atom is -0.352 e. The molecule has 7 heteroatoms. The van der Waals surface area contributed by atoms with Crippen LogP contribution in [-0.4, -0.2) is 32.0 Å². The van der Waals surface area contributed by atoms with Crippen molar-refractivity contribution in [3.8, 4) is 0 Å². The summed E-state index contributed by atoms with van der Waals surface area (Å²) >= 11 is 5.63. The van der Waals surface area contributed by atoms with Crippen LogP contribution in [0.15, 0.2) is 73.1 Å². The molecule has 2 aromatic heterocycles. The number of pyridine rings is 1. The first-order valence-electron chi connectivity index (χ1n) is 9.65. The average molecular weight is 406 g/mol. The van der Waals surface area contributed by atoms with Crippen molar-refractivity contribution in [2.75, 3.05) is 11.9 Å². The first-order valence-corrected chi connectivity index (χ1v) is 10.1. The highest BCUT2D eigenvalue weighted by Crippen LogP contribution is 2.38. The van der Waals surface area contributed by atoms with E-state index in [4.69, 9.17) is 12.2 Å². The average Bonchev–Trinajstić information content (AvgIpc) is 3.33. The molecule has 3 heterocycles. The molecule has 29 heavy (non-hydrogen) atoms. The van der Waals surface area contributed by atoms with Gasteiger partial charge in [0.25, 0.3) is 0 Å². The summed E-state index contributed by atoms with van der Waals surface area (Å²) in [5, 5.41) is 6.88. The molecule has 4 rings (SSSR count). The molecule has 3 aromatic rings. The summed E-state index contributed by atoms with van der Waals surface area (Å²) in [7, 11) is 0. The Morgan fingerprint density at radius 1 is 1.14 bits per heavy atom. The largest absolute Gasteiger partial charge is 0.352 e. The fraction of sp³-hybridized carbons (Fsp3) is 0.227. The molecule has 148 valence electrons. The lowest BCUT2D eigenvalue weighted by molar-refractivity contribution is -0.116. The fourth-order valence-electron chi connectivity index (χ4n) is 3.76. The minimum atomic E-state index is -0.131. The van der Waals surface area contributed by atoms with E-state index in [0.29, 0.717) is 5.11 Å². The maximum atomic E-state index is 12.8. The summed E-state index contributed by atoms with van der Waals surface area (Å²) in [6, 6.07) is 19.1. The second-order valence-corrected chi connectivity index (χ2v) is 7.27. The van der Waals surface area contributed by atoms with Gasteiger partial charge in [0, 0.05) is 30.3 Å². The molecule has 1 fully saturated rings. The molecule has 2 atom stereocenters. The topological polar surface area (TPSA) is 62.2 Å². The maximum Gasteiger partial charge on any atom is 0.244 e. The predicted octanol–water partition coefficient (Wildman–Crippen LogP) is 3.51. The van der Waals surface area contributed by atoms with Gasteiger partial charge in [-0.05, 0) is 55.5 Å². The lowest BCUT2D eigenvalue weighted by atomic mass is 10.0. The van der Waals surface area contributed by atoms with Crippen LogP contribution >= 0.6 is 12.2 Å². The quantitative estimate of drug-likeness (QED) is 0.615. The van der Waals surface area contributed by atoms with E-state index in [1.807, 2.05) is 59.5 Å². The normalized spacial score (nSPS) is 18.5. The van der Waals surface area contributed by atoms with Gasteiger partial charge in [-0.25, -0.2) is 0 Å². The zero-order valence-electron chi connectivity index (χ0n) is 16.2. The van der Waals surface area contributed by atoms with Gasteiger partial charge in [0.1, 0.15) is 6.54 Å². The van der Waals surface area contributed by atoms with Crippen LogP contribution in [0.25, 0.3) is 0 Å². The van der Waals surface area contributed by atoms with E-state index < -0.39 is 0 Å². The number of nitrogens with one attached hydrogen (secondary N) is 2. The Bertz CT molecular complexity index is 989. The Balaban J connectivity index is 1.64. The summed E-state index contributed by atoms with van der Waals surface area (Å²) < 4.78 is 2.18. The predicted molar refractivity (Wildman–Crippen MR) is 117 cm³/mol. The van der Waals surface area contributed by atoms with Crippen molar-refractivity contribution in [3.05, 3.63) is 84.4 Å². The van der Waals surface area contributed by atoms with Gasteiger partial charge in [-0.1, -0.05) is 24.3 Å². The monoisotopic (exact) mass is 405 g/mol. The third-order valence-corrected chi connectivity index (χ3v) is 5.43. The molecule has 2 N–H and O–H groups in total. The van der Waals surface area contributed by atoms with E-state index in [1.54, 1.807) is 6.20 Å². The summed E-state index contributed by atoms with van der Waals surface area (Å²) in [4.78, 5) is 19.3. The first-order chi connectivity index (χ1) is 14.2. The molecule has 1 amide bonds. The molecule has 1 aliphatic rings. The van der Waals surface area contributed by atoms with E-state index >= 15 is 0 Å². The number of rotatable bonds is 6. The second-order valence-electron chi connectivity index (χ2n) is 6.89.